The molecule has 118 valence electrons. The Morgan fingerprint density at radius 1 is 1.26 bits per heavy atom. The molecule has 4 amide bonds. The van der Waals surface area contributed by atoms with Crippen LogP contribution in [0, 0.1) is 11.3 Å². The molecule has 2 saturated heterocycles. The van der Waals surface area contributed by atoms with Crippen LogP contribution in [0.25, 0.3) is 0 Å². The molecule has 2 fully saturated rings. The highest BCUT2D eigenvalue weighted by molar-refractivity contribution is 6.02. The van der Waals surface area contributed by atoms with E-state index in [0.717, 1.165) is 5.56 Å². The molecule has 3 rings (SSSR count). The lowest BCUT2D eigenvalue weighted by molar-refractivity contribution is -0.142. The maximum absolute atomic E-state index is 12.1. The van der Waals surface area contributed by atoms with E-state index in [0.29, 0.717) is 31.5 Å². The Hall–Kier alpha value is -2.88. The molecule has 0 bridgehead atoms. The number of likely N-dealkylation sites (tertiary alicyclic amines) is 1. The summed E-state index contributed by atoms with van der Waals surface area (Å²) in [7, 11) is 0. The minimum Gasteiger partial charge on any atom is -0.338 e. The summed E-state index contributed by atoms with van der Waals surface area (Å²) in [5.41, 5.74) is 1.60. The summed E-state index contributed by atoms with van der Waals surface area (Å²) in [6, 6.07) is 8.64. The number of nitriles is 1. The second-order valence-corrected chi connectivity index (χ2v) is 5.68. The van der Waals surface area contributed by atoms with Gasteiger partial charge in [0.2, 0.25) is 11.8 Å². The Kier molecular flexibility index (Phi) is 3.98. The van der Waals surface area contributed by atoms with Crippen molar-refractivity contribution in [2.24, 2.45) is 0 Å². The topological polar surface area (TPSA) is 93.5 Å². The molecule has 1 aromatic carbocycles. The van der Waals surface area contributed by atoms with Crippen molar-refractivity contribution in [3.63, 3.8) is 0 Å². The first kappa shape index (κ1) is 15.0. The third kappa shape index (κ3) is 3.01. The number of amides is 4. The SMILES string of the molecule is N#Cc1ccc(CCC(=O)N2CC(N3C(=O)CNC3=O)C2)cc1. The zero-order valence-corrected chi connectivity index (χ0v) is 12.5. The van der Waals surface area contributed by atoms with Gasteiger partial charge in [0, 0.05) is 19.5 Å². The Labute approximate surface area is 133 Å². The second-order valence-electron chi connectivity index (χ2n) is 5.68. The normalized spacial score (nSPS) is 17.7. The van der Waals surface area contributed by atoms with Gasteiger partial charge in [-0.05, 0) is 24.1 Å². The van der Waals surface area contributed by atoms with Crippen LogP contribution in [0.1, 0.15) is 17.5 Å². The summed E-state index contributed by atoms with van der Waals surface area (Å²) in [5, 5.41) is 11.2. The number of hydrogen-bond acceptors (Lipinski definition) is 4. The Bertz CT molecular complexity index is 670. The van der Waals surface area contributed by atoms with Crippen LogP contribution < -0.4 is 5.32 Å². The average molecular weight is 312 g/mol. The number of nitrogens with zero attached hydrogens (tertiary/aromatic N) is 3. The Morgan fingerprint density at radius 2 is 1.96 bits per heavy atom. The van der Waals surface area contributed by atoms with Gasteiger partial charge in [-0.2, -0.15) is 5.26 Å². The fourth-order valence-electron chi connectivity index (χ4n) is 2.78. The molecule has 0 radical (unpaired) electrons. The van der Waals surface area contributed by atoms with Crippen LogP contribution in [0.15, 0.2) is 24.3 Å². The van der Waals surface area contributed by atoms with E-state index in [-0.39, 0.29) is 30.4 Å². The van der Waals surface area contributed by atoms with Gasteiger partial charge < -0.3 is 10.2 Å². The molecule has 2 aliphatic rings. The van der Waals surface area contributed by atoms with Crippen molar-refractivity contribution in [3.05, 3.63) is 35.4 Å². The molecule has 2 aliphatic heterocycles. The highest BCUT2D eigenvalue weighted by atomic mass is 16.2. The van der Waals surface area contributed by atoms with Gasteiger partial charge in [-0.3, -0.25) is 14.5 Å². The third-order valence-corrected chi connectivity index (χ3v) is 4.17. The number of hydrogen-bond donors (Lipinski definition) is 1. The molecule has 0 unspecified atom stereocenters. The van der Waals surface area contributed by atoms with Crippen LogP contribution in [-0.4, -0.2) is 53.3 Å². The molecule has 0 aromatic heterocycles. The van der Waals surface area contributed by atoms with Gasteiger partial charge >= 0.3 is 6.03 Å². The van der Waals surface area contributed by atoms with Gasteiger partial charge in [0.15, 0.2) is 0 Å². The molecule has 2 heterocycles. The van der Waals surface area contributed by atoms with Gasteiger partial charge in [0.1, 0.15) is 0 Å². The summed E-state index contributed by atoms with van der Waals surface area (Å²) in [5.74, 6) is -0.220. The predicted octanol–water partition coefficient (Wildman–Crippen LogP) is 0.253. The molecule has 7 heteroatoms. The number of imide groups is 1. The van der Waals surface area contributed by atoms with E-state index in [9.17, 15) is 14.4 Å². The molecule has 0 saturated carbocycles. The lowest BCUT2D eigenvalue weighted by Gasteiger charge is -2.42. The van der Waals surface area contributed by atoms with Gasteiger partial charge in [-0.15, -0.1) is 0 Å². The van der Waals surface area contributed by atoms with Crippen LogP contribution in [0.4, 0.5) is 4.79 Å². The van der Waals surface area contributed by atoms with Crippen LogP contribution >= 0.6 is 0 Å². The van der Waals surface area contributed by atoms with E-state index in [4.69, 9.17) is 5.26 Å². The predicted molar refractivity (Wildman–Crippen MR) is 80.1 cm³/mol. The number of rotatable bonds is 4. The molecule has 1 N–H and O–H groups in total. The number of aryl methyl sites for hydroxylation is 1. The van der Waals surface area contributed by atoms with E-state index in [1.165, 1.54) is 4.90 Å². The molecular weight excluding hydrogens is 296 g/mol. The van der Waals surface area contributed by atoms with Crippen molar-refractivity contribution in [1.29, 1.82) is 5.26 Å². The zero-order chi connectivity index (χ0) is 16.4. The summed E-state index contributed by atoms with van der Waals surface area (Å²) in [6.45, 7) is 0.860. The fraction of sp³-hybridized carbons (Fsp3) is 0.375. The smallest absolute Gasteiger partial charge is 0.324 e. The first-order valence-corrected chi connectivity index (χ1v) is 7.45. The van der Waals surface area contributed by atoms with Crippen LogP contribution in [0.2, 0.25) is 0 Å². The van der Waals surface area contributed by atoms with E-state index >= 15 is 0 Å². The maximum atomic E-state index is 12.1. The fourth-order valence-corrected chi connectivity index (χ4v) is 2.78. The number of carbonyl (C=O) groups is 3. The summed E-state index contributed by atoms with van der Waals surface area (Å²) >= 11 is 0. The van der Waals surface area contributed by atoms with Crippen LogP contribution in [0.5, 0.6) is 0 Å². The van der Waals surface area contributed by atoms with Gasteiger partial charge in [-0.25, -0.2) is 4.79 Å². The molecule has 7 nitrogen and oxygen atoms in total. The van der Waals surface area contributed by atoms with Crippen molar-refractivity contribution < 1.29 is 14.4 Å². The molecule has 0 atom stereocenters. The molecule has 0 aliphatic carbocycles. The minimum atomic E-state index is -0.371. The van der Waals surface area contributed by atoms with Crippen LogP contribution in [0.3, 0.4) is 0 Å². The van der Waals surface area contributed by atoms with Crippen molar-refractivity contribution in [2.45, 2.75) is 18.9 Å². The van der Waals surface area contributed by atoms with Gasteiger partial charge in [0.05, 0.1) is 24.2 Å². The quantitative estimate of drug-likeness (QED) is 0.807. The standard InChI is InChI=1S/C16H16N4O3/c17-7-12-3-1-11(2-4-12)5-6-14(21)19-9-13(10-19)20-15(22)8-18-16(20)23/h1-4,13H,5-6,8-10H2,(H,18,23). The second kappa shape index (κ2) is 6.08. The maximum Gasteiger partial charge on any atom is 0.324 e. The van der Waals surface area contributed by atoms with Gasteiger partial charge in [0.25, 0.3) is 0 Å². The zero-order valence-electron chi connectivity index (χ0n) is 12.5. The lowest BCUT2D eigenvalue weighted by atomic mass is 10.0. The van der Waals surface area contributed by atoms with Crippen molar-refractivity contribution >= 4 is 17.8 Å². The van der Waals surface area contributed by atoms with Crippen molar-refractivity contribution in [3.8, 4) is 6.07 Å². The number of nitrogens with one attached hydrogen (secondary N) is 1. The summed E-state index contributed by atoms with van der Waals surface area (Å²) in [6.07, 6.45) is 0.980. The van der Waals surface area contributed by atoms with Crippen LogP contribution in [-0.2, 0) is 16.0 Å². The first-order chi connectivity index (χ1) is 11.1. The lowest BCUT2D eigenvalue weighted by Crippen LogP contribution is -2.62. The molecule has 1 aromatic rings. The Morgan fingerprint density at radius 3 is 2.52 bits per heavy atom. The largest absolute Gasteiger partial charge is 0.338 e. The number of carbonyl (C=O) groups excluding carboxylic acids is 3. The first-order valence-electron chi connectivity index (χ1n) is 7.45. The summed E-state index contributed by atoms with van der Waals surface area (Å²) in [4.78, 5) is 38.1. The minimum absolute atomic E-state index is 0.0117. The number of benzene rings is 1. The third-order valence-electron chi connectivity index (χ3n) is 4.17. The molecule has 0 spiro atoms. The average Bonchev–Trinajstić information content (AvgIpc) is 2.84. The monoisotopic (exact) mass is 312 g/mol. The van der Waals surface area contributed by atoms with Crippen molar-refractivity contribution in [2.75, 3.05) is 19.6 Å². The van der Waals surface area contributed by atoms with E-state index in [2.05, 4.69) is 11.4 Å². The van der Waals surface area contributed by atoms with E-state index in [1.54, 1.807) is 17.0 Å². The molecule has 23 heavy (non-hydrogen) atoms. The van der Waals surface area contributed by atoms with Crippen molar-refractivity contribution in [1.82, 2.24) is 15.1 Å². The van der Waals surface area contributed by atoms with E-state index < -0.39 is 0 Å². The highest BCUT2D eigenvalue weighted by Gasteiger charge is 2.42. The summed E-state index contributed by atoms with van der Waals surface area (Å²) < 4.78 is 0. The molecular formula is C16H16N4O3. The van der Waals surface area contributed by atoms with Gasteiger partial charge in [-0.1, -0.05) is 12.1 Å². The Balaban J connectivity index is 1.46. The van der Waals surface area contributed by atoms with E-state index in [1.807, 2.05) is 12.1 Å². The number of urea groups is 1. The highest BCUT2D eigenvalue weighted by Crippen LogP contribution is 2.19.